The number of halogens is 2. The maximum Gasteiger partial charge on any atom is 0.250 e. The van der Waals surface area contributed by atoms with Crippen molar-refractivity contribution in [1.29, 1.82) is 0 Å². The molecule has 0 aliphatic rings. The van der Waals surface area contributed by atoms with Crippen LogP contribution in [0.2, 0.25) is 5.02 Å². The fourth-order valence-corrected chi connectivity index (χ4v) is 4.23. The first-order chi connectivity index (χ1) is 17.5. The van der Waals surface area contributed by atoms with Crippen LogP contribution < -0.4 is 10.2 Å². The average molecular weight is 538 g/mol. The number of hydrogen-bond donors (Lipinski definition) is 1. The maximum atomic E-state index is 12.4. The van der Waals surface area contributed by atoms with Gasteiger partial charge in [-0.1, -0.05) is 65.3 Å². The molecule has 36 heavy (non-hydrogen) atoms. The van der Waals surface area contributed by atoms with E-state index in [4.69, 9.17) is 27.9 Å². The molecule has 10 heteroatoms. The van der Waals surface area contributed by atoms with E-state index in [0.717, 1.165) is 22.6 Å². The van der Waals surface area contributed by atoms with E-state index >= 15 is 0 Å². The normalized spacial score (nSPS) is 11.6. The van der Waals surface area contributed by atoms with Crippen molar-refractivity contribution in [2.24, 2.45) is 5.10 Å². The van der Waals surface area contributed by atoms with Gasteiger partial charge < -0.3 is 4.74 Å². The lowest BCUT2D eigenvalue weighted by Crippen LogP contribution is -2.19. The molecule has 182 valence electrons. The van der Waals surface area contributed by atoms with E-state index in [1.54, 1.807) is 25.3 Å². The highest BCUT2D eigenvalue weighted by Crippen LogP contribution is 2.29. The molecule has 0 atom stereocenters. The third kappa shape index (κ3) is 6.75. The van der Waals surface area contributed by atoms with Crippen molar-refractivity contribution >= 4 is 53.2 Å². The highest BCUT2D eigenvalue weighted by atomic mass is 35.5. The Labute approximate surface area is 222 Å². The molecule has 1 aromatic heterocycles. The summed E-state index contributed by atoms with van der Waals surface area (Å²) in [5, 5.41) is 14.2. The minimum absolute atomic E-state index is 0.0751. The van der Waals surface area contributed by atoms with Gasteiger partial charge in [0.25, 0.3) is 5.91 Å². The van der Waals surface area contributed by atoms with Gasteiger partial charge in [-0.3, -0.25) is 9.36 Å². The molecule has 0 unspecified atom stereocenters. The van der Waals surface area contributed by atoms with Crippen molar-refractivity contribution in [2.45, 2.75) is 5.16 Å². The zero-order chi connectivity index (χ0) is 25.3. The number of carbonyl (C=O) groups excluding carboxylic acids is 1. The molecule has 7 nitrogen and oxygen atoms in total. The number of thioether (sulfide) groups is 1. The van der Waals surface area contributed by atoms with Crippen molar-refractivity contribution < 1.29 is 9.53 Å². The number of ether oxygens (including phenoxy) is 1. The summed E-state index contributed by atoms with van der Waals surface area (Å²) in [6.45, 7) is 0. The summed E-state index contributed by atoms with van der Waals surface area (Å²) >= 11 is 13.5. The number of aromatic nitrogens is 3. The Bertz CT molecular complexity index is 1370. The Balaban J connectivity index is 1.47. The van der Waals surface area contributed by atoms with E-state index in [-0.39, 0.29) is 11.7 Å². The first-order valence-corrected chi connectivity index (χ1v) is 12.5. The number of hydrazone groups is 1. The highest BCUT2D eigenvalue weighted by molar-refractivity contribution is 7.99. The Morgan fingerprint density at radius 3 is 2.47 bits per heavy atom. The molecule has 1 N–H and O–H groups in total. The molecule has 0 saturated heterocycles. The summed E-state index contributed by atoms with van der Waals surface area (Å²) < 4.78 is 7.12. The number of nitrogens with one attached hydrogen (secondary N) is 1. The van der Waals surface area contributed by atoms with Crippen LogP contribution in [-0.4, -0.2) is 39.7 Å². The van der Waals surface area contributed by atoms with Gasteiger partial charge in [-0.25, -0.2) is 5.43 Å². The smallest absolute Gasteiger partial charge is 0.250 e. The first kappa shape index (κ1) is 25.5. The minimum Gasteiger partial charge on any atom is -0.497 e. The second kappa shape index (κ2) is 12.4. The van der Waals surface area contributed by atoms with Gasteiger partial charge in [-0.15, -0.1) is 10.2 Å². The van der Waals surface area contributed by atoms with Crippen LogP contribution in [0.3, 0.4) is 0 Å². The Morgan fingerprint density at radius 1 is 1.06 bits per heavy atom. The molecule has 0 aliphatic carbocycles. The number of hydrogen-bond acceptors (Lipinski definition) is 6. The van der Waals surface area contributed by atoms with E-state index in [2.05, 4.69) is 20.7 Å². The molecular weight excluding hydrogens is 517 g/mol. The summed E-state index contributed by atoms with van der Waals surface area (Å²) in [7, 11) is 1.61. The molecule has 0 saturated carbocycles. The third-order valence-corrected chi connectivity index (χ3v) is 6.27. The number of allylic oxidation sites excluding steroid dienone is 1. The zero-order valence-corrected chi connectivity index (χ0v) is 21.5. The van der Waals surface area contributed by atoms with Crippen LogP contribution in [0.25, 0.3) is 23.2 Å². The van der Waals surface area contributed by atoms with Gasteiger partial charge in [0.1, 0.15) is 5.75 Å². The van der Waals surface area contributed by atoms with Gasteiger partial charge in [-0.2, -0.15) is 5.10 Å². The summed E-state index contributed by atoms with van der Waals surface area (Å²) in [4.78, 5) is 12.4. The molecule has 0 radical (unpaired) electrons. The van der Waals surface area contributed by atoms with E-state index in [9.17, 15) is 4.79 Å². The highest BCUT2D eigenvalue weighted by Gasteiger charge is 2.17. The lowest BCUT2D eigenvalue weighted by atomic mass is 10.2. The molecule has 3 aromatic carbocycles. The van der Waals surface area contributed by atoms with Crippen LogP contribution in [0.15, 0.2) is 94.2 Å². The van der Waals surface area contributed by atoms with Crippen LogP contribution in [-0.2, 0) is 4.79 Å². The van der Waals surface area contributed by atoms with Crippen LogP contribution in [0, 0.1) is 0 Å². The Morgan fingerprint density at radius 2 is 1.78 bits per heavy atom. The van der Waals surface area contributed by atoms with Crippen molar-refractivity contribution in [1.82, 2.24) is 20.2 Å². The van der Waals surface area contributed by atoms with Crippen LogP contribution >= 0.6 is 35.0 Å². The molecule has 0 aliphatic heterocycles. The van der Waals surface area contributed by atoms with Crippen LogP contribution in [0.1, 0.15) is 5.56 Å². The molecule has 1 amide bonds. The van der Waals surface area contributed by atoms with E-state index in [0.29, 0.717) is 21.0 Å². The molecule has 0 spiro atoms. The number of nitrogens with zero attached hydrogens (tertiary/aromatic N) is 4. The lowest BCUT2D eigenvalue weighted by molar-refractivity contribution is -0.118. The number of methoxy groups -OCH3 is 1. The van der Waals surface area contributed by atoms with Gasteiger partial charge in [-0.05, 0) is 60.2 Å². The van der Waals surface area contributed by atoms with Crippen LogP contribution in [0.4, 0.5) is 0 Å². The summed E-state index contributed by atoms with van der Waals surface area (Å²) in [5.74, 6) is 1.13. The third-order valence-electron chi connectivity index (χ3n) is 4.88. The predicted octanol–water partition coefficient (Wildman–Crippen LogP) is 6.07. The molecule has 0 bridgehead atoms. The number of rotatable bonds is 9. The second-order valence-corrected chi connectivity index (χ2v) is 9.18. The lowest BCUT2D eigenvalue weighted by Gasteiger charge is -2.11. The quantitative estimate of drug-likeness (QED) is 0.159. The summed E-state index contributed by atoms with van der Waals surface area (Å²) in [6, 6.07) is 24.4. The van der Waals surface area contributed by atoms with Crippen molar-refractivity contribution in [3.8, 4) is 22.8 Å². The molecule has 0 fully saturated rings. The topological polar surface area (TPSA) is 81.4 Å². The Kier molecular flexibility index (Phi) is 8.78. The van der Waals surface area contributed by atoms with Crippen molar-refractivity contribution in [2.75, 3.05) is 12.9 Å². The second-order valence-electron chi connectivity index (χ2n) is 7.37. The Hall–Kier alpha value is -3.59. The van der Waals surface area contributed by atoms with Gasteiger partial charge in [0.2, 0.25) is 0 Å². The molecule has 4 rings (SSSR count). The van der Waals surface area contributed by atoms with Crippen LogP contribution in [0.5, 0.6) is 5.75 Å². The standard InChI is InChI=1S/C26H21Cl2N5O2S/c1-35-23-13-7-19(8-14-23)25-31-32-26(33(25)22-11-9-20(27)10-12-22)36-17-24(34)30-29-16-21(28)15-18-5-3-2-4-6-18/h2-16H,17H2,1H3,(H,30,34)/b21-15-,29-16-. The first-order valence-electron chi connectivity index (χ1n) is 10.8. The van der Waals surface area contributed by atoms with Crippen molar-refractivity contribution in [3.05, 3.63) is 94.5 Å². The SMILES string of the molecule is COc1ccc(-c2nnc(SCC(=O)N/N=C\C(Cl)=C\c3ccccc3)n2-c2ccc(Cl)cc2)cc1. The minimum atomic E-state index is -0.308. The monoisotopic (exact) mass is 537 g/mol. The molecular formula is C26H21Cl2N5O2S. The predicted molar refractivity (Wildman–Crippen MR) is 146 cm³/mol. The number of carbonyl (C=O) groups is 1. The fraction of sp³-hybridized carbons (Fsp3) is 0.0769. The zero-order valence-electron chi connectivity index (χ0n) is 19.1. The van der Waals surface area contributed by atoms with Gasteiger partial charge in [0.05, 0.1) is 24.1 Å². The summed E-state index contributed by atoms with van der Waals surface area (Å²) in [5.41, 5.74) is 5.08. The fourth-order valence-electron chi connectivity index (χ4n) is 3.19. The van der Waals surface area contributed by atoms with Gasteiger partial charge in [0, 0.05) is 16.3 Å². The van der Waals surface area contributed by atoms with E-state index in [1.165, 1.54) is 18.0 Å². The summed E-state index contributed by atoms with van der Waals surface area (Å²) in [6.07, 6.45) is 3.14. The molecule has 4 aromatic rings. The average Bonchev–Trinajstić information content (AvgIpc) is 3.32. The van der Waals surface area contributed by atoms with E-state index < -0.39 is 0 Å². The van der Waals surface area contributed by atoms with Gasteiger partial charge in [0.15, 0.2) is 11.0 Å². The molecule has 1 heterocycles. The maximum absolute atomic E-state index is 12.4. The number of amides is 1. The van der Waals surface area contributed by atoms with Crippen molar-refractivity contribution in [3.63, 3.8) is 0 Å². The van der Waals surface area contributed by atoms with E-state index in [1.807, 2.05) is 71.3 Å². The number of benzene rings is 3. The van der Waals surface area contributed by atoms with Gasteiger partial charge >= 0.3 is 0 Å². The largest absolute Gasteiger partial charge is 0.497 e.